The maximum absolute atomic E-state index is 13.6. The van der Waals surface area contributed by atoms with Gasteiger partial charge in [0.25, 0.3) is 0 Å². The smallest absolute Gasteiger partial charge is 0.244 e. The first-order valence-corrected chi connectivity index (χ1v) is 5.24. The predicted molar refractivity (Wildman–Crippen MR) is 62.9 cm³/mol. The second-order valence-electron chi connectivity index (χ2n) is 4.38. The summed E-state index contributed by atoms with van der Waals surface area (Å²) in [5.41, 5.74) is -1.02. The van der Waals surface area contributed by atoms with E-state index in [0.29, 0.717) is 0 Å². The summed E-state index contributed by atoms with van der Waals surface area (Å²) in [6.07, 6.45) is 0. The van der Waals surface area contributed by atoms with Crippen molar-refractivity contribution in [1.29, 1.82) is 0 Å². The van der Waals surface area contributed by atoms with E-state index in [1.54, 1.807) is 20.9 Å². The minimum absolute atomic E-state index is 0.281. The zero-order valence-corrected chi connectivity index (χ0v) is 10.3. The first-order chi connectivity index (χ1) is 7.79. The summed E-state index contributed by atoms with van der Waals surface area (Å²) in [7, 11) is 1.60. The van der Waals surface area contributed by atoms with Crippen LogP contribution in [0.5, 0.6) is 0 Å². The molecule has 94 valence electrons. The molecule has 1 amide bonds. The lowest BCUT2D eigenvalue weighted by Gasteiger charge is -2.23. The minimum Gasteiger partial charge on any atom is -0.320 e. The van der Waals surface area contributed by atoms with Gasteiger partial charge in [-0.1, -0.05) is 6.07 Å². The van der Waals surface area contributed by atoms with Crippen LogP contribution in [-0.2, 0) is 4.79 Å². The number of likely N-dealkylation sites (N-methyl/N-ethyl adjacent to an activating group) is 1. The lowest BCUT2D eigenvalue weighted by molar-refractivity contribution is -0.121. The third kappa shape index (κ3) is 2.79. The van der Waals surface area contributed by atoms with Gasteiger partial charge in [0.2, 0.25) is 5.91 Å². The van der Waals surface area contributed by atoms with E-state index in [9.17, 15) is 13.6 Å². The maximum atomic E-state index is 13.6. The highest BCUT2D eigenvalue weighted by molar-refractivity contribution is 5.97. The minimum atomic E-state index is -0.900. The van der Waals surface area contributed by atoms with Crippen molar-refractivity contribution in [3.8, 4) is 0 Å². The molecular weight excluding hydrogens is 226 g/mol. The Morgan fingerprint density at radius 3 is 2.41 bits per heavy atom. The summed E-state index contributed by atoms with van der Waals surface area (Å²) in [6.45, 7) is 4.75. The molecule has 0 aliphatic heterocycles. The number of carbonyl (C=O) groups excluding carboxylic acids is 1. The number of carbonyl (C=O) groups is 1. The van der Waals surface area contributed by atoms with Crippen LogP contribution in [-0.4, -0.2) is 18.5 Å². The number of anilines is 1. The fourth-order valence-electron chi connectivity index (χ4n) is 1.15. The van der Waals surface area contributed by atoms with Crippen LogP contribution in [0.1, 0.15) is 19.4 Å². The van der Waals surface area contributed by atoms with Crippen LogP contribution in [0.3, 0.4) is 0 Å². The Hall–Kier alpha value is -1.49. The molecule has 2 N–H and O–H groups in total. The van der Waals surface area contributed by atoms with Crippen LogP contribution in [0.4, 0.5) is 14.5 Å². The van der Waals surface area contributed by atoms with E-state index in [2.05, 4.69) is 10.6 Å². The molecule has 0 atom stereocenters. The molecular formula is C12H16F2N2O. The molecule has 0 aliphatic rings. The van der Waals surface area contributed by atoms with Crippen LogP contribution >= 0.6 is 0 Å². The normalized spacial score (nSPS) is 11.4. The Morgan fingerprint density at radius 1 is 1.29 bits per heavy atom. The van der Waals surface area contributed by atoms with Crippen molar-refractivity contribution in [3.05, 3.63) is 29.3 Å². The Morgan fingerprint density at radius 2 is 1.88 bits per heavy atom. The summed E-state index contributed by atoms with van der Waals surface area (Å²) in [4.78, 5) is 11.8. The van der Waals surface area contributed by atoms with Gasteiger partial charge < -0.3 is 10.6 Å². The lowest BCUT2D eigenvalue weighted by Crippen LogP contribution is -2.48. The van der Waals surface area contributed by atoms with Crippen LogP contribution < -0.4 is 10.6 Å². The predicted octanol–water partition coefficient (Wildman–Crippen LogP) is 2.21. The van der Waals surface area contributed by atoms with Gasteiger partial charge in [-0.05, 0) is 39.4 Å². The van der Waals surface area contributed by atoms with Gasteiger partial charge >= 0.3 is 0 Å². The first-order valence-electron chi connectivity index (χ1n) is 5.24. The van der Waals surface area contributed by atoms with Crippen LogP contribution in [0.15, 0.2) is 12.1 Å². The molecule has 0 bridgehead atoms. The van der Waals surface area contributed by atoms with Crippen molar-refractivity contribution >= 4 is 11.6 Å². The summed E-state index contributed by atoms with van der Waals surface area (Å²) in [5, 5.41) is 5.02. The van der Waals surface area contributed by atoms with Gasteiger partial charge in [-0.15, -0.1) is 0 Å². The molecule has 0 spiro atoms. The molecule has 0 unspecified atom stereocenters. The second kappa shape index (κ2) is 4.79. The van der Waals surface area contributed by atoms with E-state index in [0.717, 1.165) is 6.07 Å². The Balaban J connectivity index is 3.04. The zero-order valence-electron chi connectivity index (χ0n) is 10.3. The molecule has 0 aliphatic carbocycles. The SMILES string of the molecule is CNC(C)(C)C(=O)Nc1c(F)ccc(C)c1F. The van der Waals surface area contributed by atoms with Crippen molar-refractivity contribution in [1.82, 2.24) is 5.32 Å². The van der Waals surface area contributed by atoms with Crippen LogP contribution in [0.25, 0.3) is 0 Å². The average Bonchev–Trinajstić information content (AvgIpc) is 2.29. The molecule has 0 fully saturated rings. The van der Waals surface area contributed by atoms with Crippen molar-refractivity contribution < 1.29 is 13.6 Å². The largest absolute Gasteiger partial charge is 0.320 e. The van der Waals surface area contributed by atoms with E-state index in [1.165, 1.54) is 13.0 Å². The highest BCUT2D eigenvalue weighted by atomic mass is 19.1. The summed E-state index contributed by atoms with van der Waals surface area (Å²) >= 11 is 0. The fraction of sp³-hybridized carbons (Fsp3) is 0.417. The first kappa shape index (κ1) is 13.6. The maximum Gasteiger partial charge on any atom is 0.244 e. The van der Waals surface area contributed by atoms with Crippen molar-refractivity contribution in [2.24, 2.45) is 0 Å². The zero-order chi connectivity index (χ0) is 13.2. The topological polar surface area (TPSA) is 41.1 Å². The monoisotopic (exact) mass is 242 g/mol. The Labute approximate surface area is 99.2 Å². The van der Waals surface area contributed by atoms with Gasteiger partial charge in [-0.3, -0.25) is 4.79 Å². The van der Waals surface area contributed by atoms with E-state index >= 15 is 0 Å². The summed E-state index contributed by atoms with van der Waals surface area (Å²) in [5.74, 6) is -2.03. The molecule has 17 heavy (non-hydrogen) atoms. The van der Waals surface area contributed by atoms with E-state index in [-0.39, 0.29) is 5.56 Å². The van der Waals surface area contributed by atoms with Gasteiger partial charge in [-0.2, -0.15) is 0 Å². The average molecular weight is 242 g/mol. The number of hydrogen-bond donors (Lipinski definition) is 2. The van der Waals surface area contributed by atoms with Gasteiger partial charge in [0.15, 0.2) is 5.82 Å². The van der Waals surface area contributed by atoms with E-state index < -0.39 is 28.8 Å². The number of nitrogens with one attached hydrogen (secondary N) is 2. The molecule has 0 aromatic heterocycles. The van der Waals surface area contributed by atoms with Gasteiger partial charge in [0.05, 0.1) is 5.54 Å². The molecule has 3 nitrogen and oxygen atoms in total. The van der Waals surface area contributed by atoms with Gasteiger partial charge in [0.1, 0.15) is 11.5 Å². The number of aryl methyl sites for hydroxylation is 1. The number of hydrogen-bond acceptors (Lipinski definition) is 2. The van der Waals surface area contributed by atoms with Crippen molar-refractivity contribution in [2.75, 3.05) is 12.4 Å². The number of benzene rings is 1. The number of amides is 1. The Kier molecular flexibility index (Phi) is 3.83. The molecule has 1 aromatic rings. The van der Waals surface area contributed by atoms with Crippen molar-refractivity contribution in [3.63, 3.8) is 0 Å². The summed E-state index contributed by atoms with van der Waals surface area (Å²) < 4.78 is 27.0. The molecule has 0 saturated carbocycles. The molecule has 5 heteroatoms. The van der Waals surface area contributed by atoms with Gasteiger partial charge in [0, 0.05) is 0 Å². The standard InChI is InChI=1S/C12H16F2N2O/c1-7-5-6-8(13)10(9(7)14)16-11(17)12(2,3)15-4/h5-6,15H,1-4H3,(H,16,17). The van der Waals surface area contributed by atoms with Crippen LogP contribution in [0, 0.1) is 18.6 Å². The number of rotatable bonds is 3. The highest BCUT2D eigenvalue weighted by Gasteiger charge is 2.27. The molecule has 1 rings (SSSR count). The lowest BCUT2D eigenvalue weighted by atomic mass is 10.0. The van der Waals surface area contributed by atoms with Crippen LogP contribution in [0.2, 0.25) is 0 Å². The molecule has 0 radical (unpaired) electrons. The molecule has 0 heterocycles. The Bertz CT molecular complexity index is 444. The molecule has 1 aromatic carbocycles. The summed E-state index contributed by atoms with van der Waals surface area (Å²) in [6, 6.07) is 2.45. The highest BCUT2D eigenvalue weighted by Crippen LogP contribution is 2.22. The van der Waals surface area contributed by atoms with Crippen molar-refractivity contribution in [2.45, 2.75) is 26.3 Å². The second-order valence-corrected chi connectivity index (χ2v) is 4.38. The quantitative estimate of drug-likeness (QED) is 0.853. The molecule has 0 saturated heterocycles. The van der Waals surface area contributed by atoms with Gasteiger partial charge in [-0.25, -0.2) is 8.78 Å². The number of halogens is 2. The third-order valence-electron chi connectivity index (χ3n) is 2.72. The van der Waals surface area contributed by atoms with E-state index in [4.69, 9.17) is 0 Å². The third-order valence-corrected chi connectivity index (χ3v) is 2.72. The fourth-order valence-corrected chi connectivity index (χ4v) is 1.15. The van der Waals surface area contributed by atoms with E-state index in [1.807, 2.05) is 0 Å².